The molecule has 0 aliphatic rings. The van der Waals surface area contributed by atoms with Gasteiger partial charge in [-0.25, -0.2) is 4.79 Å². The van der Waals surface area contributed by atoms with E-state index in [1.54, 1.807) is 13.1 Å². The Morgan fingerprint density at radius 2 is 1.86 bits per heavy atom. The summed E-state index contributed by atoms with van der Waals surface area (Å²) in [7, 11) is 5.09. The molecular formula is C20H24N4O3S. The fourth-order valence-electron chi connectivity index (χ4n) is 3.09. The lowest BCUT2D eigenvalue weighted by Crippen LogP contribution is -2.36. The van der Waals surface area contributed by atoms with E-state index in [1.165, 1.54) is 17.2 Å². The molecule has 1 aromatic carbocycles. The molecule has 2 heterocycles. The summed E-state index contributed by atoms with van der Waals surface area (Å²) in [6, 6.07) is 11.8. The number of aromatic nitrogens is 2. The normalized spacial score (nSPS) is 11.3. The maximum atomic E-state index is 12.4. The van der Waals surface area contributed by atoms with E-state index in [1.807, 2.05) is 18.2 Å². The zero-order valence-corrected chi connectivity index (χ0v) is 17.1. The smallest absolute Gasteiger partial charge is 0.331 e. The van der Waals surface area contributed by atoms with Gasteiger partial charge in [0.25, 0.3) is 11.5 Å². The summed E-state index contributed by atoms with van der Waals surface area (Å²) in [5, 5.41) is 3.29. The molecule has 0 fully saturated rings. The molecule has 0 bridgehead atoms. The van der Waals surface area contributed by atoms with Crippen LogP contribution in [-0.4, -0.2) is 40.1 Å². The summed E-state index contributed by atoms with van der Waals surface area (Å²) in [4.78, 5) is 39.8. The number of nitrogens with zero attached hydrogens (tertiary/aromatic N) is 3. The summed E-state index contributed by atoms with van der Waals surface area (Å²) in [5.41, 5.74) is 0.482. The Balaban J connectivity index is 1.57. The van der Waals surface area contributed by atoms with Gasteiger partial charge in [-0.2, -0.15) is 0 Å². The maximum Gasteiger partial charge on any atom is 0.331 e. The van der Waals surface area contributed by atoms with Crippen LogP contribution in [0.3, 0.4) is 0 Å². The molecule has 1 N–H and O–H groups in total. The summed E-state index contributed by atoms with van der Waals surface area (Å²) < 4.78 is 2.45. The minimum Gasteiger partial charge on any atom is -0.351 e. The fourth-order valence-corrected chi connectivity index (χ4v) is 4.11. The van der Waals surface area contributed by atoms with Crippen LogP contribution in [0.4, 0.5) is 0 Å². The molecule has 0 aliphatic carbocycles. The molecule has 0 unspecified atom stereocenters. The predicted octanol–water partition coefficient (Wildman–Crippen LogP) is 1.55. The van der Waals surface area contributed by atoms with Crippen LogP contribution < -0.4 is 16.6 Å². The SMILES string of the molecule is CN(CCCNC(=O)c1cc2c(=O)n(C)c(=O)n(C)c2s1)Cc1ccccc1. The number of nitrogens with one attached hydrogen (secondary N) is 1. The first-order valence-corrected chi connectivity index (χ1v) is 9.90. The molecule has 3 rings (SSSR count). The number of amides is 1. The Morgan fingerprint density at radius 1 is 1.14 bits per heavy atom. The highest BCUT2D eigenvalue weighted by Crippen LogP contribution is 2.21. The van der Waals surface area contributed by atoms with Crippen molar-refractivity contribution in [3.05, 3.63) is 67.7 Å². The molecule has 0 aliphatic heterocycles. The van der Waals surface area contributed by atoms with Crippen LogP contribution in [0.2, 0.25) is 0 Å². The first-order valence-electron chi connectivity index (χ1n) is 9.08. The predicted molar refractivity (Wildman–Crippen MR) is 112 cm³/mol. The second kappa shape index (κ2) is 8.53. The van der Waals surface area contributed by atoms with Crippen molar-refractivity contribution in [1.29, 1.82) is 0 Å². The first-order chi connectivity index (χ1) is 13.4. The van der Waals surface area contributed by atoms with Gasteiger partial charge in [-0.1, -0.05) is 30.3 Å². The lowest BCUT2D eigenvalue weighted by molar-refractivity contribution is 0.0956. The first kappa shape index (κ1) is 20.0. The number of aryl methyl sites for hydroxylation is 1. The molecule has 0 saturated carbocycles. The monoisotopic (exact) mass is 400 g/mol. The molecular weight excluding hydrogens is 376 g/mol. The zero-order valence-electron chi connectivity index (χ0n) is 16.3. The molecule has 3 aromatic rings. The summed E-state index contributed by atoms with van der Waals surface area (Å²) in [5.74, 6) is -0.221. The standard InChI is InChI=1S/C20H24N4O3S/c1-22(13-14-8-5-4-6-9-14)11-7-10-21-17(25)16-12-15-18(26)23(2)20(27)24(3)19(15)28-16/h4-6,8-9,12H,7,10-11,13H2,1-3H3,(H,21,25). The van der Waals surface area contributed by atoms with E-state index < -0.39 is 5.69 Å². The molecule has 0 spiro atoms. The molecule has 2 aromatic heterocycles. The Hall–Kier alpha value is -2.71. The van der Waals surface area contributed by atoms with Gasteiger partial charge in [-0.15, -0.1) is 11.3 Å². The Morgan fingerprint density at radius 3 is 2.57 bits per heavy atom. The van der Waals surface area contributed by atoms with Crippen molar-refractivity contribution in [1.82, 2.24) is 19.4 Å². The second-order valence-corrected chi connectivity index (χ2v) is 7.90. The van der Waals surface area contributed by atoms with Crippen LogP contribution >= 0.6 is 11.3 Å². The average Bonchev–Trinajstić information content (AvgIpc) is 3.14. The van der Waals surface area contributed by atoms with Crippen molar-refractivity contribution >= 4 is 27.5 Å². The minimum absolute atomic E-state index is 0.221. The van der Waals surface area contributed by atoms with Crippen molar-refractivity contribution in [2.75, 3.05) is 20.1 Å². The van der Waals surface area contributed by atoms with Gasteiger partial charge in [0.05, 0.1) is 10.3 Å². The summed E-state index contributed by atoms with van der Waals surface area (Å²) in [6.07, 6.45) is 0.820. The molecule has 28 heavy (non-hydrogen) atoms. The number of hydrogen-bond donors (Lipinski definition) is 1. The number of carbonyl (C=O) groups is 1. The fraction of sp³-hybridized carbons (Fsp3) is 0.350. The topological polar surface area (TPSA) is 76.3 Å². The van der Waals surface area contributed by atoms with E-state index in [2.05, 4.69) is 29.4 Å². The molecule has 7 nitrogen and oxygen atoms in total. The van der Waals surface area contributed by atoms with Gasteiger partial charge in [0.15, 0.2) is 0 Å². The van der Waals surface area contributed by atoms with Crippen molar-refractivity contribution in [3.8, 4) is 0 Å². The Kier molecular flexibility index (Phi) is 6.11. The largest absolute Gasteiger partial charge is 0.351 e. The number of benzene rings is 1. The molecule has 0 atom stereocenters. The molecule has 0 saturated heterocycles. The number of thiophene rings is 1. The number of fused-ring (bicyclic) bond motifs is 1. The van der Waals surface area contributed by atoms with Crippen LogP contribution in [0, 0.1) is 0 Å². The van der Waals surface area contributed by atoms with Gasteiger partial charge < -0.3 is 10.2 Å². The van der Waals surface area contributed by atoms with Crippen molar-refractivity contribution in [2.24, 2.45) is 14.1 Å². The Labute approximate surface area is 166 Å². The van der Waals surface area contributed by atoms with Crippen LogP contribution in [0.1, 0.15) is 21.7 Å². The van der Waals surface area contributed by atoms with Gasteiger partial charge in [0.1, 0.15) is 4.83 Å². The van der Waals surface area contributed by atoms with E-state index in [-0.39, 0.29) is 11.5 Å². The highest BCUT2D eigenvalue weighted by Gasteiger charge is 2.16. The third-order valence-electron chi connectivity index (χ3n) is 4.65. The van der Waals surface area contributed by atoms with Crippen LogP contribution in [0.5, 0.6) is 0 Å². The number of carbonyl (C=O) groups excluding carboxylic acids is 1. The van der Waals surface area contributed by atoms with Gasteiger partial charge in [0, 0.05) is 27.2 Å². The van der Waals surface area contributed by atoms with Crippen molar-refractivity contribution in [2.45, 2.75) is 13.0 Å². The molecule has 1 amide bonds. The van der Waals surface area contributed by atoms with E-state index in [4.69, 9.17) is 0 Å². The van der Waals surface area contributed by atoms with E-state index in [0.29, 0.717) is 21.6 Å². The van der Waals surface area contributed by atoms with E-state index in [9.17, 15) is 14.4 Å². The number of hydrogen-bond acceptors (Lipinski definition) is 5. The zero-order chi connectivity index (χ0) is 20.3. The second-order valence-electron chi connectivity index (χ2n) is 6.87. The highest BCUT2D eigenvalue weighted by molar-refractivity contribution is 7.20. The van der Waals surface area contributed by atoms with Gasteiger partial charge in [0.2, 0.25) is 0 Å². The van der Waals surface area contributed by atoms with Crippen molar-refractivity contribution in [3.63, 3.8) is 0 Å². The van der Waals surface area contributed by atoms with E-state index >= 15 is 0 Å². The third-order valence-corrected chi connectivity index (χ3v) is 5.86. The minimum atomic E-state index is -0.396. The third kappa shape index (κ3) is 4.23. The summed E-state index contributed by atoms with van der Waals surface area (Å²) >= 11 is 1.16. The highest BCUT2D eigenvalue weighted by atomic mass is 32.1. The van der Waals surface area contributed by atoms with Crippen LogP contribution in [0.15, 0.2) is 46.0 Å². The van der Waals surface area contributed by atoms with Gasteiger partial charge in [-0.3, -0.25) is 18.7 Å². The van der Waals surface area contributed by atoms with Crippen LogP contribution in [-0.2, 0) is 20.6 Å². The average molecular weight is 401 g/mol. The maximum absolute atomic E-state index is 12.4. The summed E-state index contributed by atoms with van der Waals surface area (Å²) in [6.45, 7) is 2.27. The molecule has 8 heteroatoms. The quantitative estimate of drug-likeness (QED) is 0.611. The van der Waals surface area contributed by atoms with Gasteiger partial charge >= 0.3 is 5.69 Å². The van der Waals surface area contributed by atoms with Crippen LogP contribution in [0.25, 0.3) is 10.2 Å². The van der Waals surface area contributed by atoms with Gasteiger partial charge in [-0.05, 0) is 31.6 Å². The van der Waals surface area contributed by atoms with E-state index in [0.717, 1.165) is 35.4 Å². The lowest BCUT2D eigenvalue weighted by Gasteiger charge is -2.16. The molecule has 148 valence electrons. The van der Waals surface area contributed by atoms with Crippen molar-refractivity contribution < 1.29 is 4.79 Å². The Bertz CT molecular complexity index is 1100. The molecule has 0 radical (unpaired) electrons. The number of rotatable bonds is 7. The lowest BCUT2D eigenvalue weighted by atomic mass is 10.2.